The predicted molar refractivity (Wildman–Crippen MR) is 118 cm³/mol. The molecule has 0 radical (unpaired) electrons. The van der Waals surface area contributed by atoms with Crippen LogP contribution in [0.3, 0.4) is 0 Å². The van der Waals surface area contributed by atoms with Crippen LogP contribution in [-0.4, -0.2) is 80.7 Å². The van der Waals surface area contributed by atoms with Crippen LogP contribution < -0.4 is 0 Å². The number of hydrogen-bond donors (Lipinski definition) is 0. The van der Waals surface area contributed by atoms with Gasteiger partial charge in [-0.15, -0.1) is 11.3 Å². The molecule has 11 heteroatoms. The molecular weight excluding hydrogens is 460 g/mol. The molecule has 0 bridgehead atoms. The van der Waals surface area contributed by atoms with Crippen molar-refractivity contribution < 1.29 is 26.4 Å². The van der Waals surface area contributed by atoms with Crippen molar-refractivity contribution in [3.63, 3.8) is 0 Å². The Balaban J connectivity index is 1.47. The summed E-state index contributed by atoms with van der Waals surface area (Å²) in [6.07, 6.45) is 0.113. The van der Waals surface area contributed by atoms with Crippen molar-refractivity contribution in [3.05, 3.63) is 57.8 Å². The summed E-state index contributed by atoms with van der Waals surface area (Å²) in [5.74, 6) is -0.986. The number of piperazine rings is 1. The summed E-state index contributed by atoms with van der Waals surface area (Å²) in [6, 6.07) is 10.1. The van der Waals surface area contributed by atoms with Crippen LogP contribution in [0, 0.1) is 0 Å². The summed E-state index contributed by atoms with van der Waals surface area (Å²) >= 11 is 1.31. The van der Waals surface area contributed by atoms with Gasteiger partial charge in [0.15, 0.2) is 9.84 Å². The summed E-state index contributed by atoms with van der Waals surface area (Å²) in [5, 5.41) is 0.885. The fourth-order valence-corrected chi connectivity index (χ4v) is 9.12. The summed E-state index contributed by atoms with van der Waals surface area (Å²) in [4.78, 5) is 28.0. The summed E-state index contributed by atoms with van der Waals surface area (Å²) < 4.78 is 50.3. The van der Waals surface area contributed by atoms with Gasteiger partial charge in [-0.25, -0.2) is 16.8 Å². The van der Waals surface area contributed by atoms with Crippen molar-refractivity contribution in [2.24, 2.45) is 0 Å². The topological polar surface area (TPSA) is 109 Å². The lowest BCUT2D eigenvalue weighted by molar-refractivity contribution is 0.0694. The Labute approximate surface area is 185 Å². The number of nitrogens with zero attached hydrogens (tertiary/aromatic N) is 2. The molecule has 2 saturated heterocycles. The van der Waals surface area contributed by atoms with Gasteiger partial charge in [-0.1, -0.05) is 24.3 Å². The van der Waals surface area contributed by atoms with E-state index in [1.807, 2.05) is 0 Å². The van der Waals surface area contributed by atoms with Crippen LogP contribution in [0.15, 0.2) is 41.8 Å². The third-order valence-corrected chi connectivity index (χ3v) is 10.8. The zero-order valence-electron chi connectivity index (χ0n) is 16.6. The lowest BCUT2D eigenvalue weighted by Crippen LogP contribution is -2.52. The van der Waals surface area contributed by atoms with E-state index in [1.54, 1.807) is 41.8 Å². The quantitative estimate of drug-likeness (QED) is 0.594. The van der Waals surface area contributed by atoms with Gasteiger partial charge in [0.1, 0.15) is 0 Å². The number of sulfone groups is 1. The number of benzene rings is 1. The Bertz CT molecular complexity index is 1200. The van der Waals surface area contributed by atoms with Crippen molar-refractivity contribution in [1.82, 2.24) is 9.21 Å². The van der Waals surface area contributed by atoms with E-state index in [-0.39, 0.29) is 55.8 Å². The second-order valence-corrected chi connectivity index (χ2v) is 13.0. The number of ketones is 1. The first kappa shape index (κ1) is 22.1. The molecule has 2 aliphatic heterocycles. The molecule has 0 aliphatic carbocycles. The van der Waals surface area contributed by atoms with Crippen LogP contribution in [0.5, 0.6) is 0 Å². The van der Waals surface area contributed by atoms with Gasteiger partial charge in [0, 0.05) is 31.7 Å². The third kappa shape index (κ3) is 4.45. The van der Waals surface area contributed by atoms with Crippen molar-refractivity contribution >= 4 is 42.9 Å². The largest absolute Gasteiger partial charge is 0.336 e. The first-order chi connectivity index (χ1) is 14.7. The highest BCUT2D eigenvalue weighted by Gasteiger charge is 2.41. The Morgan fingerprint density at radius 3 is 2.23 bits per heavy atom. The van der Waals surface area contributed by atoms with Gasteiger partial charge in [-0.2, -0.15) is 4.31 Å². The van der Waals surface area contributed by atoms with Gasteiger partial charge in [-0.3, -0.25) is 9.59 Å². The van der Waals surface area contributed by atoms with Gasteiger partial charge in [0.05, 0.1) is 27.2 Å². The lowest BCUT2D eigenvalue weighted by Gasteiger charge is -2.35. The molecule has 8 nitrogen and oxygen atoms in total. The second kappa shape index (κ2) is 8.45. The van der Waals surface area contributed by atoms with E-state index >= 15 is 0 Å². The van der Waals surface area contributed by atoms with Crippen molar-refractivity contribution in [2.45, 2.75) is 11.7 Å². The van der Waals surface area contributed by atoms with E-state index in [2.05, 4.69) is 0 Å². The molecule has 0 saturated carbocycles. The molecule has 3 heterocycles. The highest BCUT2D eigenvalue weighted by atomic mass is 32.2. The SMILES string of the molecule is O=C(c1cccs1)c1ccccc1C(=O)N1CCN(S(=O)(=O)C2CCS(=O)(=O)C2)CC1. The van der Waals surface area contributed by atoms with Gasteiger partial charge in [0.25, 0.3) is 5.91 Å². The number of sulfonamides is 1. The lowest BCUT2D eigenvalue weighted by atomic mass is 10.0. The molecule has 1 aromatic carbocycles. The smallest absolute Gasteiger partial charge is 0.254 e. The number of carbonyl (C=O) groups excluding carboxylic acids is 2. The molecule has 2 aromatic rings. The zero-order valence-corrected chi connectivity index (χ0v) is 19.1. The predicted octanol–water partition coefficient (Wildman–Crippen LogP) is 1.25. The van der Waals surface area contributed by atoms with Gasteiger partial charge in [-0.05, 0) is 23.9 Å². The van der Waals surface area contributed by atoms with Gasteiger partial charge in [0.2, 0.25) is 15.8 Å². The minimum absolute atomic E-state index is 0.103. The molecular formula is C20H22N2O6S3. The fraction of sp³-hybridized carbons (Fsp3) is 0.400. The normalized spacial score (nSPS) is 21.8. The second-order valence-electron chi connectivity index (χ2n) is 7.61. The van der Waals surface area contributed by atoms with E-state index in [9.17, 15) is 26.4 Å². The highest BCUT2D eigenvalue weighted by Crippen LogP contribution is 2.24. The number of hydrogen-bond acceptors (Lipinski definition) is 7. The zero-order chi connectivity index (χ0) is 22.2. The third-order valence-electron chi connectivity index (χ3n) is 5.64. The molecule has 1 aromatic heterocycles. The van der Waals surface area contributed by atoms with Crippen molar-refractivity contribution in [3.8, 4) is 0 Å². The molecule has 2 fully saturated rings. The van der Waals surface area contributed by atoms with Crippen LogP contribution in [0.1, 0.15) is 32.0 Å². The molecule has 31 heavy (non-hydrogen) atoms. The molecule has 0 spiro atoms. The Kier molecular flexibility index (Phi) is 6.03. The number of carbonyl (C=O) groups is 2. The van der Waals surface area contributed by atoms with Gasteiger partial charge >= 0.3 is 0 Å². The van der Waals surface area contributed by atoms with E-state index in [0.29, 0.717) is 16.0 Å². The highest BCUT2D eigenvalue weighted by molar-refractivity contribution is 7.95. The molecule has 166 valence electrons. The Morgan fingerprint density at radius 2 is 1.65 bits per heavy atom. The van der Waals surface area contributed by atoms with E-state index in [4.69, 9.17) is 0 Å². The molecule has 1 amide bonds. The average molecular weight is 483 g/mol. The molecule has 4 rings (SSSR count). The Hall–Kier alpha value is -2.08. The summed E-state index contributed by atoms with van der Waals surface area (Å²) in [7, 11) is -7.04. The summed E-state index contributed by atoms with van der Waals surface area (Å²) in [6.45, 7) is 0.565. The monoisotopic (exact) mass is 482 g/mol. The molecule has 1 unspecified atom stereocenters. The minimum Gasteiger partial charge on any atom is -0.336 e. The van der Waals surface area contributed by atoms with Crippen LogP contribution in [0.25, 0.3) is 0 Å². The average Bonchev–Trinajstić information content (AvgIpc) is 3.43. The van der Waals surface area contributed by atoms with E-state index < -0.39 is 25.1 Å². The van der Waals surface area contributed by atoms with Crippen molar-refractivity contribution in [2.75, 3.05) is 37.7 Å². The first-order valence-electron chi connectivity index (χ1n) is 9.85. The maximum absolute atomic E-state index is 13.1. The van der Waals surface area contributed by atoms with Crippen molar-refractivity contribution in [1.29, 1.82) is 0 Å². The fourth-order valence-electron chi connectivity index (χ4n) is 3.93. The van der Waals surface area contributed by atoms with E-state index in [1.165, 1.54) is 20.5 Å². The first-order valence-corrected chi connectivity index (χ1v) is 14.1. The van der Waals surface area contributed by atoms with Gasteiger partial charge < -0.3 is 4.90 Å². The van der Waals surface area contributed by atoms with E-state index in [0.717, 1.165) is 0 Å². The van der Waals surface area contributed by atoms with Crippen LogP contribution in [-0.2, 0) is 19.9 Å². The minimum atomic E-state index is -3.73. The Morgan fingerprint density at radius 1 is 0.968 bits per heavy atom. The number of thiophene rings is 1. The molecule has 2 aliphatic rings. The number of rotatable bonds is 5. The van der Waals surface area contributed by atoms with Crippen LogP contribution >= 0.6 is 11.3 Å². The standard InChI is InChI=1S/C20H22N2O6S3/c23-19(18-6-3-12-29-18)16-4-1-2-5-17(16)20(24)21-8-10-22(11-9-21)31(27,28)15-7-13-30(25,26)14-15/h1-6,12,15H,7-11,13-14H2. The molecule has 1 atom stereocenters. The van der Waals surface area contributed by atoms with Crippen LogP contribution in [0.4, 0.5) is 0 Å². The number of amides is 1. The maximum Gasteiger partial charge on any atom is 0.254 e. The van der Waals surface area contributed by atoms with Crippen LogP contribution in [0.2, 0.25) is 0 Å². The summed E-state index contributed by atoms with van der Waals surface area (Å²) in [5.41, 5.74) is 0.611. The molecule has 0 N–H and O–H groups in total. The maximum atomic E-state index is 13.1.